The highest BCUT2D eigenvalue weighted by atomic mass is 16.3. The largest absolute Gasteiger partial charge is 0.464 e. The summed E-state index contributed by atoms with van der Waals surface area (Å²) < 4.78 is 5.24. The molecule has 0 unspecified atom stereocenters. The molecular weight excluding hydrogens is 176 g/mol. The lowest BCUT2D eigenvalue weighted by atomic mass is 10.0. The van der Waals surface area contributed by atoms with Crippen LogP contribution in [0.1, 0.15) is 24.2 Å². The Hall–Kier alpha value is -1.57. The summed E-state index contributed by atoms with van der Waals surface area (Å²) in [4.78, 5) is 11.7. The van der Waals surface area contributed by atoms with Crippen LogP contribution in [0.5, 0.6) is 0 Å². The molecule has 0 bridgehead atoms. The highest BCUT2D eigenvalue weighted by molar-refractivity contribution is 6.00. The molecule has 0 N–H and O–H groups in total. The van der Waals surface area contributed by atoms with Gasteiger partial charge in [0.25, 0.3) is 0 Å². The first kappa shape index (κ1) is 9.00. The van der Waals surface area contributed by atoms with E-state index in [2.05, 4.69) is 0 Å². The van der Waals surface area contributed by atoms with Gasteiger partial charge in [-0.2, -0.15) is 0 Å². The Labute approximate surface area is 82.5 Å². The van der Waals surface area contributed by atoms with Crippen LogP contribution in [0.15, 0.2) is 34.9 Å². The van der Waals surface area contributed by atoms with Crippen LogP contribution in [0.2, 0.25) is 0 Å². The summed E-state index contributed by atoms with van der Waals surface area (Å²) in [6.07, 6.45) is 1.63. The summed E-state index contributed by atoms with van der Waals surface area (Å²) in [5.41, 5.74) is 1.50. The van der Waals surface area contributed by atoms with E-state index < -0.39 is 0 Å². The van der Waals surface area contributed by atoms with Gasteiger partial charge in [0.05, 0.1) is 6.26 Å². The molecule has 72 valence electrons. The molecule has 0 amide bonds. The highest BCUT2D eigenvalue weighted by Gasteiger charge is 2.11. The molecule has 0 fully saturated rings. The summed E-state index contributed by atoms with van der Waals surface area (Å²) in [6.45, 7) is 3.79. The molecule has 2 aromatic rings. The highest BCUT2D eigenvalue weighted by Crippen LogP contribution is 2.18. The Morgan fingerprint density at radius 2 is 2.07 bits per heavy atom. The van der Waals surface area contributed by atoms with Crippen molar-refractivity contribution >= 4 is 16.8 Å². The van der Waals surface area contributed by atoms with Gasteiger partial charge in [0.2, 0.25) is 0 Å². The van der Waals surface area contributed by atoms with Crippen LogP contribution >= 0.6 is 0 Å². The van der Waals surface area contributed by atoms with Gasteiger partial charge >= 0.3 is 0 Å². The standard InChI is InChI=1S/C12H12O2/c1-8(2)12(13)10-4-3-9-5-6-14-11(9)7-10/h3-8H,1-2H3. The van der Waals surface area contributed by atoms with Crippen molar-refractivity contribution in [3.8, 4) is 0 Å². The number of hydrogen-bond acceptors (Lipinski definition) is 2. The van der Waals surface area contributed by atoms with Crippen LogP contribution in [0.4, 0.5) is 0 Å². The molecule has 0 radical (unpaired) electrons. The minimum Gasteiger partial charge on any atom is -0.464 e. The van der Waals surface area contributed by atoms with Crippen LogP contribution < -0.4 is 0 Å². The molecular formula is C12H12O2. The summed E-state index contributed by atoms with van der Waals surface area (Å²) in [5, 5.41) is 1.03. The lowest BCUT2D eigenvalue weighted by Gasteiger charge is -2.03. The van der Waals surface area contributed by atoms with E-state index in [1.54, 1.807) is 12.3 Å². The van der Waals surface area contributed by atoms with Gasteiger partial charge in [-0.15, -0.1) is 0 Å². The summed E-state index contributed by atoms with van der Waals surface area (Å²) in [5.74, 6) is 0.186. The molecule has 0 aliphatic heterocycles. The first-order chi connectivity index (χ1) is 6.68. The van der Waals surface area contributed by atoms with Gasteiger partial charge in [0, 0.05) is 16.9 Å². The fourth-order valence-corrected chi connectivity index (χ4v) is 1.44. The molecule has 1 aromatic carbocycles. The van der Waals surface area contributed by atoms with Crippen molar-refractivity contribution in [3.63, 3.8) is 0 Å². The maximum Gasteiger partial charge on any atom is 0.165 e. The lowest BCUT2D eigenvalue weighted by molar-refractivity contribution is 0.0939. The molecule has 1 heterocycles. The normalized spacial score (nSPS) is 11.1. The molecule has 0 saturated heterocycles. The maximum absolute atomic E-state index is 11.7. The minimum absolute atomic E-state index is 0.0300. The summed E-state index contributed by atoms with van der Waals surface area (Å²) in [6, 6.07) is 7.45. The van der Waals surface area contributed by atoms with Crippen molar-refractivity contribution in [1.29, 1.82) is 0 Å². The molecule has 2 heteroatoms. The number of carbonyl (C=O) groups excluding carboxylic acids is 1. The zero-order valence-electron chi connectivity index (χ0n) is 8.28. The molecule has 0 saturated carbocycles. The van der Waals surface area contributed by atoms with E-state index >= 15 is 0 Å². The van der Waals surface area contributed by atoms with Crippen LogP contribution in [0, 0.1) is 5.92 Å². The van der Waals surface area contributed by atoms with E-state index in [1.165, 1.54) is 0 Å². The molecule has 0 aliphatic carbocycles. The van der Waals surface area contributed by atoms with E-state index in [0.29, 0.717) is 0 Å². The van der Waals surface area contributed by atoms with Gasteiger partial charge < -0.3 is 4.42 Å². The van der Waals surface area contributed by atoms with Gasteiger partial charge in [0.1, 0.15) is 5.58 Å². The van der Waals surface area contributed by atoms with Gasteiger partial charge in [-0.3, -0.25) is 4.79 Å². The average molecular weight is 188 g/mol. The molecule has 0 atom stereocenters. The average Bonchev–Trinajstić information content (AvgIpc) is 2.62. The van der Waals surface area contributed by atoms with E-state index in [0.717, 1.165) is 16.5 Å². The van der Waals surface area contributed by atoms with E-state index in [-0.39, 0.29) is 11.7 Å². The number of Topliss-reactive ketones (excluding diaryl/α,β-unsaturated/α-hetero) is 1. The predicted molar refractivity (Wildman–Crippen MR) is 55.4 cm³/mol. The number of carbonyl (C=O) groups is 1. The third-order valence-electron chi connectivity index (χ3n) is 2.27. The zero-order chi connectivity index (χ0) is 10.1. The molecule has 0 spiro atoms. The van der Waals surface area contributed by atoms with Gasteiger partial charge in [-0.1, -0.05) is 26.0 Å². The van der Waals surface area contributed by atoms with Gasteiger partial charge in [-0.05, 0) is 12.1 Å². The number of ketones is 1. The van der Waals surface area contributed by atoms with Crippen molar-refractivity contribution in [3.05, 3.63) is 36.1 Å². The molecule has 14 heavy (non-hydrogen) atoms. The Morgan fingerprint density at radius 3 is 2.79 bits per heavy atom. The zero-order valence-corrected chi connectivity index (χ0v) is 8.28. The SMILES string of the molecule is CC(C)C(=O)c1ccc2ccoc2c1. The van der Waals surface area contributed by atoms with Gasteiger partial charge in [0.15, 0.2) is 5.78 Å². The van der Waals surface area contributed by atoms with Crippen LogP contribution in [0.25, 0.3) is 11.0 Å². The molecule has 1 aromatic heterocycles. The second-order valence-electron chi connectivity index (χ2n) is 3.69. The monoisotopic (exact) mass is 188 g/mol. The Kier molecular flexibility index (Phi) is 2.12. The Bertz CT molecular complexity index is 466. The first-order valence-electron chi connectivity index (χ1n) is 4.70. The predicted octanol–water partition coefficient (Wildman–Crippen LogP) is 3.27. The third kappa shape index (κ3) is 1.43. The van der Waals surface area contributed by atoms with Crippen molar-refractivity contribution < 1.29 is 9.21 Å². The number of benzene rings is 1. The smallest absolute Gasteiger partial charge is 0.165 e. The van der Waals surface area contributed by atoms with Crippen LogP contribution in [0.3, 0.4) is 0 Å². The van der Waals surface area contributed by atoms with Gasteiger partial charge in [-0.25, -0.2) is 0 Å². The number of fused-ring (bicyclic) bond motifs is 1. The number of furan rings is 1. The van der Waals surface area contributed by atoms with Crippen LogP contribution in [-0.4, -0.2) is 5.78 Å². The van der Waals surface area contributed by atoms with Crippen LogP contribution in [-0.2, 0) is 0 Å². The number of rotatable bonds is 2. The Morgan fingerprint density at radius 1 is 1.29 bits per heavy atom. The second kappa shape index (κ2) is 3.29. The van der Waals surface area contributed by atoms with Crippen molar-refractivity contribution in [2.75, 3.05) is 0 Å². The molecule has 2 rings (SSSR count). The maximum atomic E-state index is 11.7. The molecule has 2 nitrogen and oxygen atoms in total. The van der Waals surface area contributed by atoms with E-state index in [1.807, 2.05) is 32.0 Å². The quantitative estimate of drug-likeness (QED) is 0.677. The van der Waals surface area contributed by atoms with Crippen molar-refractivity contribution in [1.82, 2.24) is 0 Å². The van der Waals surface area contributed by atoms with E-state index in [4.69, 9.17) is 4.42 Å². The Balaban J connectivity index is 2.48. The van der Waals surface area contributed by atoms with Crippen molar-refractivity contribution in [2.24, 2.45) is 5.92 Å². The van der Waals surface area contributed by atoms with Crippen molar-refractivity contribution in [2.45, 2.75) is 13.8 Å². The first-order valence-corrected chi connectivity index (χ1v) is 4.70. The molecule has 0 aliphatic rings. The topological polar surface area (TPSA) is 30.2 Å². The fourth-order valence-electron chi connectivity index (χ4n) is 1.44. The summed E-state index contributed by atoms with van der Waals surface area (Å²) >= 11 is 0. The number of hydrogen-bond donors (Lipinski definition) is 0. The third-order valence-corrected chi connectivity index (χ3v) is 2.27. The van der Waals surface area contributed by atoms with E-state index in [9.17, 15) is 4.79 Å². The summed E-state index contributed by atoms with van der Waals surface area (Å²) in [7, 11) is 0. The lowest BCUT2D eigenvalue weighted by Crippen LogP contribution is -2.06. The minimum atomic E-state index is 0.0300. The second-order valence-corrected chi connectivity index (χ2v) is 3.69. The fraction of sp³-hybridized carbons (Fsp3) is 0.250.